The monoisotopic (exact) mass is 456 g/mol. The summed E-state index contributed by atoms with van der Waals surface area (Å²) in [4.78, 5) is 0. The number of benzene rings is 2. The zero-order valence-electron chi connectivity index (χ0n) is 14.2. The second kappa shape index (κ2) is 14.1. The fourth-order valence-corrected chi connectivity index (χ4v) is 1.62. The van der Waals surface area contributed by atoms with Crippen LogP contribution in [0.3, 0.4) is 0 Å². The Morgan fingerprint density at radius 1 is 0.667 bits per heavy atom. The fraction of sp³-hybridized carbons (Fsp3) is 0.400. The van der Waals surface area contributed by atoms with Crippen LogP contribution in [0.25, 0.3) is 0 Å². The first-order valence-corrected chi connectivity index (χ1v) is 7.62. The molecule has 0 heterocycles. The summed E-state index contributed by atoms with van der Waals surface area (Å²) in [5.74, 6) is 1.30. The summed E-state index contributed by atoms with van der Waals surface area (Å²) < 4.78 is 0. The van der Waals surface area contributed by atoms with E-state index in [2.05, 4.69) is 70.2 Å². The Kier molecular flexibility index (Phi) is 15.0. The van der Waals surface area contributed by atoms with Crippen molar-refractivity contribution in [2.45, 2.75) is 53.4 Å². The predicted molar refractivity (Wildman–Crippen MR) is 91.2 cm³/mol. The van der Waals surface area contributed by atoms with Gasteiger partial charge in [0.05, 0.1) is 0 Å². The van der Waals surface area contributed by atoms with E-state index in [9.17, 15) is 0 Å². The Hall–Kier alpha value is -0.898. The van der Waals surface area contributed by atoms with Gasteiger partial charge in [0.2, 0.25) is 0 Å². The van der Waals surface area contributed by atoms with E-state index in [4.69, 9.17) is 0 Å². The predicted octanol–water partition coefficient (Wildman–Crippen LogP) is 6.44. The van der Waals surface area contributed by atoms with E-state index in [1.54, 1.807) is 0 Å². The van der Waals surface area contributed by atoms with Crippen molar-refractivity contribution in [3.05, 3.63) is 71.8 Å². The van der Waals surface area contributed by atoms with Crippen molar-refractivity contribution in [3.8, 4) is 0 Å². The Morgan fingerprint density at radius 2 is 1.05 bits per heavy atom. The van der Waals surface area contributed by atoms with E-state index in [0.29, 0.717) is 11.8 Å². The Labute approximate surface area is 145 Å². The number of hydrogen-bond donors (Lipinski definition) is 0. The van der Waals surface area contributed by atoms with E-state index in [-0.39, 0.29) is 20.4 Å². The van der Waals surface area contributed by atoms with Crippen LogP contribution in [0.2, 0.25) is 0 Å². The molecule has 1 radical (unpaired) electrons. The van der Waals surface area contributed by atoms with Crippen LogP contribution >= 0.6 is 0 Å². The van der Waals surface area contributed by atoms with Crippen LogP contribution in [0.15, 0.2) is 54.6 Å². The van der Waals surface area contributed by atoms with Crippen LogP contribution in [0.1, 0.15) is 64.5 Å². The minimum atomic E-state index is 0. The van der Waals surface area contributed by atoms with Crippen LogP contribution in [-0.2, 0) is 20.4 Å². The summed E-state index contributed by atoms with van der Waals surface area (Å²) in [6.07, 6.45) is 0. The first-order valence-electron chi connectivity index (χ1n) is 7.62. The molecule has 2 aromatic carbocycles. The van der Waals surface area contributed by atoms with Crippen LogP contribution in [0.4, 0.5) is 0 Å². The van der Waals surface area contributed by atoms with Crippen LogP contribution in [-0.4, -0.2) is 0 Å². The number of rotatable bonds is 2. The summed E-state index contributed by atoms with van der Waals surface area (Å²) in [7, 11) is 0. The van der Waals surface area contributed by atoms with Gasteiger partial charge < -0.3 is 0 Å². The van der Waals surface area contributed by atoms with E-state index < -0.39 is 0 Å². The van der Waals surface area contributed by atoms with E-state index >= 15 is 0 Å². The van der Waals surface area contributed by atoms with Crippen LogP contribution in [0, 0.1) is 6.07 Å². The van der Waals surface area contributed by atoms with Crippen molar-refractivity contribution >= 4 is 0 Å². The largest absolute Gasteiger partial charge is 0.184 e. The van der Waals surface area contributed by atoms with Crippen molar-refractivity contribution in [2.75, 3.05) is 0 Å². The maximum absolute atomic E-state index is 2.99. The smallest absolute Gasteiger partial charge is 0 e. The molecule has 0 nitrogen and oxygen atoms in total. The molecular weight excluding hydrogens is 426 g/mol. The van der Waals surface area contributed by atoms with Crippen LogP contribution < -0.4 is 0 Å². The van der Waals surface area contributed by atoms with Gasteiger partial charge in [0.1, 0.15) is 0 Å². The van der Waals surface area contributed by atoms with Crippen molar-refractivity contribution in [2.24, 2.45) is 0 Å². The van der Waals surface area contributed by atoms with Gasteiger partial charge in [-0.1, -0.05) is 71.9 Å². The summed E-state index contributed by atoms with van der Waals surface area (Å²) in [6.45, 7) is 12.8. The topological polar surface area (TPSA) is 0 Å². The molecule has 0 N–H and O–H groups in total. The zero-order chi connectivity index (χ0) is 15.4. The summed E-state index contributed by atoms with van der Waals surface area (Å²) >= 11 is 0. The van der Waals surface area contributed by atoms with Gasteiger partial charge in [0.15, 0.2) is 0 Å². The molecule has 0 atom stereocenters. The second-order valence-corrected chi connectivity index (χ2v) is 5.05. The molecule has 0 amide bonds. The number of hydrogen-bond acceptors (Lipinski definition) is 0. The maximum atomic E-state index is 2.99. The third-order valence-electron chi connectivity index (χ3n) is 2.88. The molecule has 0 saturated heterocycles. The molecule has 0 aliphatic rings. The third-order valence-corrected chi connectivity index (χ3v) is 2.88. The zero-order valence-corrected chi connectivity index (χ0v) is 16.9. The van der Waals surface area contributed by atoms with Gasteiger partial charge in [0, 0.05) is 20.4 Å². The molecule has 0 spiro atoms. The van der Waals surface area contributed by atoms with Crippen LogP contribution in [0.5, 0.6) is 0 Å². The standard InChI is InChI=1S/C9H12.C9H11.C2H6.Re/c2*1-8(2)9-6-4-3-5-7-9;1-2;/h3-8H,1-2H3;4-8H,1-2H3;1-2H3;/q;-1;;. The average Bonchev–Trinajstić information content (AvgIpc) is 2.51. The first kappa shape index (κ1) is 22.4. The molecule has 1 heteroatoms. The Morgan fingerprint density at radius 3 is 1.33 bits per heavy atom. The normalized spacial score (nSPS) is 8.95. The van der Waals surface area contributed by atoms with Gasteiger partial charge in [-0.05, 0) is 17.4 Å². The molecule has 0 bridgehead atoms. The Bertz CT molecular complexity index is 375. The van der Waals surface area contributed by atoms with Crippen molar-refractivity contribution in [1.82, 2.24) is 0 Å². The molecular formula is C20H29Re-. The molecule has 0 aliphatic heterocycles. The van der Waals surface area contributed by atoms with Crippen molar-refractivity contribution in [3.63, 3.8) is 0 Å². The summed E-state index contributed by atoms with van der Waals surface area (Å²) in [5, 5.41) is 0. The van der Waals surface area contributed by atoms with E-state index in [0.717, 1.165) is 0 Å². The molecule has 0 saturated carbocycles. The van der Waals surface area contributed by atoms with Crippen molar-refractivity contribution in [1.29, 1.82) is 0 Å². The van der Waals surface area contributed by atoms with E-state index in [1.165, 1.54) is 11.1 Å². The van der Waals surface area contributed by atoms with Crippen molar-refractivity contribution < 1.29 is 20.4 Å². The minimum absolute atomic E-state index is 0. The second-order valence-electron chi connectivity index (χ2n) is 5.05. The maximum Gasteiger partial charge on any atom is 0 e. The van der Waals surface area contributed by atoms with Gasteiger partial charge in [-0.3, -0.25) is 0 Å². The molecule has 2 rings (SSSR count). The quantitative estimate of drug-likeness (QED) is 0.457. The minimum Gasteiger partial charge on any atom is -0.184 e. The first-order chi connectivity index (χ1) is 9.61. The van der Waals surface area contributed by atoms with Gasteiger partial charge in [0.25, 0.3) is 0 Å². The molecule has 0 aliphatic carbocycles. The van der Waals surface area contributed by atoms with E-state index in [1.807, 2.05) is 32.0 Å². The SMILES string of the molecule is CC.CC(C)c1cc[c-]cc1.CC(C)c1ccccc1.[Re]. The third kappa shape index (κ3) is 10.5. The molecule has 0 fully saturated rings. The summed E-state index contributed by atoms with van der Waals surface area (Å²) in [6, 6.07) is 21.6. The molecule has 0 aromatic heterocycles. The molecule has 0 unspecified atom stereocenters. The van der Waals surface area contributed by atoms with Gasteiger partial charge in [-0.2, -0.15) is 35.9 Å². The average molecular weight is 456 g/mol. The Balaban J connectivity index is 0. The fourth-order valence-electron chi connectivity index (χ4n) is 1.62. The molecule has 117 valence electrons. The summed E-state index contributed by atoms with van der Waals surface area (Å²) in [5.41, 5.74) is 2.80. The van der Waals surface area contributed by atoms with Gasteiger partial charge in [-0.25, -0.2) is 0 Å². The molecule has 2 aromatic rings. The molecule has 21 heavy (non-hydrogen) atoms. The van der Waals surface area contributed by atoms with Gasteiger partial charge >= 0.3 is 0 Å². The van der Waals surface area contributed by atoms with Gasteiger partial charge in [-0.15, -0.1) is 0 Å².